The normalized spacial score (nSPS) is 13.5. The molecule has 5 heteroatoms. The van der Waals surface area contributed by atoms with Crippen molar-refractivity contribution in [3.8, 4) is 0 Å². The summed E-state index contributed by atoms with van der Waals surface area (Å²) in [6.07, 6.45) is 0.598. The van der Waals surface area contributed by atoms with Gasteiger partial charge in [-0.2, -0.15) is 0 Å². The molecule has 1 aromatic rings. The highest BCUT2D eigenvalue weighted by atomic mass is 16.2. The molecule has 23 heavy (non-hydrogen) atoms. The fourth-order valence-electron chi connectivity index (χ4n) is 2.25. The summed E-state index contributed by atoms with van der Waals surface area (Å²) in [6.45, 7) is 8.96. The second kappa shape index (κ2) is 9.30. The van der Waals surface area contributed by atoms with Crippen LogP contribution in [-0.4, -0.2) is 30.9 Å². The molecule has 5 nitrogen and oxygen atoms in total. The Hall–Kier alpha value is -1.88. The molecule has 4 N–H and O–H groups in total. The second-order valence-electron chi connectivity index (χ2n) is 6.56. The molecular weight excluding hydrogens is 290 g/mol. The number of benzene rings is 1. The van der Waals surface area contributed by atoms with E-state index in [1.165, 1.54) is 0 Å². The molecule has 2 unspecified atom stereocenters. The Labute approximate surface area is 139 Å². The first-order chi connectivity index (χ1) is 10.8. The summed E-state index contributed by atoms with van der Waals surface area (Å²) >= 11 is 0. The Kier molecular flexibility index (Phi) is 7.75. The average molecular weight is 319 g/mol. The number of carbonyl (C=O) groups excluding carboxylic acids is 2. The van der Waals surface area contributed by atoms with Crippen LogP contribution in [0, 0.1) is 18.8 Å². The van der Waals surface area contributed by atoms with Gasteiger partial charge < -0.3 is 16.4 Å². The van der Waals surface area contributed by atoms with E-state index in [0.717, 1.165) is 5.56 Å². The van der Waals surface area contributed by atoms with E-state index in [0.29, 0.717) is 31.0 Å². The molecule has 0 radical (unpaired) electrons. The molecule has 0 fully saturated rings. The summed E-state index contributed by atoms with van der Waals surface area (Å²) in [5, 5.41) is 5.74. The van der Waals surface area contributed by atoms with Gasteiger partial charge in [0, 0.05) is 12.1 Å². The topological polar surface area (TPSA) is 84.2 Å². The smallest absolute Gasteiger partial charge is 0.252 e. The third-order valence-electron chi connectivity index (χ3n) is 3.75. The predicted octanol–water partition coefficient (Wildman–Crippen LogP) is 1.85. The van der Waals surface area contributed by atoms with Gasteiger partial charge in [0.05, 0.1) is 0 Å². The number of hydrogen-bond donors (Lipinski definition) is 3. The van der Waals surface area contributed by atoms with Crippen molar-refractivity contribution in [2.75, 3.05) is 13.1 Å². The van der Waals surface area contributed by atoms with Gasteiger partial charge in [-0.05, 0) is 43.4 Å². The lowest BCUT2D eigenvalue weighted by molar-refractivity contribution is -0.123. The maximum absolute atomic E-state index is 12.4. The molecule has 2 amide bonds. The fourth-order valence-corrected chi connectivity index (χ4v) is 2.25. The van der Waals surface area contributed by atoms with Crippen LogP contribution in [0.4, 0.5) is 0 Å². The van der Waals surface area contributed by atoms with Gasteiger partial charge in [-0.1, -0.05) is 39.0 Å². The summed E-state index contributed by atoms with van der Waals surface area (Å²) in [7, 11) is 0. The van der Waals surface area contributed by atoms with Crippen LogP contribution >= 0.6 is 0 Å². The molecule has 0 saturated heterocycles. The van der Waals surface area contributed by atoms with Gasteiger partial charge in [-0.15, -0.1) is 0 Å². The fraction of sp³-hybridized carbons (Fsp3) is 0.556. The Morgan fingerprint density at radius 2 is 1.83 bits per heavy atom. The molecule has 128 valence electrons. The highest BCUT2D eigenvalue weighted by Crippen LogP contribution is 2.10. The SMILES string of the molecule is Cc1ccccc1C(=O)NC(CC(C)C)C(=O)NCC(C)CN. The lowest BCUT2D eigenvalue weighted by Crippen LogP contribution is -2.48. The maximum atomic E-state index is 12.4. The molecule has 1 rings (SSSR count). The number of hydrogen-bond acceptors (Lipinski definition) is 3. The van der Waals surface area contributed by atoms with Crippen LogP contribution in [0.2, 0.25) is 0 Å². The minimum absolute atomic E-state index is 0.152. The van der Waals surface area contributed by atoms with E-state index in [4.69, 9.17) is 5.73 Å². The van der Waals surface area contributed by atoms with Crippen molar-refractivity contribution in [1.29, 1.82) is 0 Å². The van der Waals surface area contributed by atoms with Crippen molar-refractivity contribution in [2.45, 2.75) is 40.2 Å². The standard InChI is InChI=1S/C18H29N3O2/c1-12(2)9-16(18(23)20-11-13(3)10-19)21-17(22)15-8-6-5-7-14(15)4/h5-8,12-13,16H,9-11,19H2,1-4H3,(H,20,23)(H,21,22). The van der Waals surface area contributed by atoms with Crippen LogP contribution in [0.5, 0.6) is 0 Å². The van der Waals surface area contributed by atoms with E-state index in [2.05, 4.69) is 10.6 Å². The van der Waals surface area contributed by atoms with Crippen molar-refractivity contribution >= 4 is 11.8 Å². The Morgan fingerprint density at radius 1 is 1.17 bits per heavy atom. The monoisotopic (exact) mass is 319 g/mol. The van der Waals surface area contributed by atoms with E-state index in [1.54, 1.807) is 6.07 Å². The van der Waals surface area contributed by atoms with Gasteiger partial charge in [0.2, 0.25) is 5.91 Å². The van der Waals surface area contributed by atoms with Gasteiger partial charge in [0.15, 0.2) is 0 Å². The van der Waals surface area contributed by atoms with Gasteiger partial charge >= 0.3 is 0 Å². The zero-order chi connectivity index (χ0) is 17.4. The molecule has 0 aliphatic rings. The molecule has 1 aromatic carbocycles. The zero-order valence-corrected chi connectivity index (χ0v) is 14.6. The molecule has 0 heterocycles. The quantitative estimate of drug-likeness (QED) is 0.684. The summed E-state index contributed by atoms with van der Waals surface area (Å²) < 4.78 is 0. The van der Waals surface area contributed by atoms with Crippen molar-refractivity contribution in [3.05, 3.63) is 35.4 Å². The maximum Gasteiger partial charge on any atom is 0.252 e. The highest BCUT2D eigenvalue weighted by molar-refractivity contribution is 5.98. The first-order valence-corrected chi connectivity index (χ1v) is 8.19. The lowest BCUT2D eigenvalue weighted by atomic mass is 10.0. The number of amides is 2. The van der Waals surface area contributed by atoms with Crippen LogP contribution in [0.15, 0.2) is 24.3 Å². The van der Waals surface area contributed by atoms with Gasteiger partial charge in [0.1, 0.15) is 6.04 Å². The van der Waals surface area contributed by atoms with E-state index in [9.17, 15) is 9.59 Å². The van der Waals surface area contributed by atoms with E-state index in [1.807, 2.05) is 45.9 Å². The second-order valence-corrected chi connectivity index (χ2v) is 6.56. The number of aryl methyl sites for hydroxylation is 1. The summed E-state index contributed by atoms with van der Waals surface area (Å²) in [4.78, 5) is 24.8. The third kappa shape index (κ3) is 6.40. The number of carbonyl (C=O) groups is 2. The molecular formula is C18H29N3O2. The molecule has 0 bridgehead atoms. The van der Waals surface area contributed by atoms with Crippen LogP contribution < -0.4 is 16.4 Å². The van der Waals surface area contributed by atoms with Crippen LogP contribution in [0.25, 0.3) is 0 Å². The molecule has 0 spiro atoms. The van der Waals surface area contributed by atoms with Gasteiger partial charge in [0.25, 0.3) is 5.91 Å². The first kappa shape index (κ1) is 19.2. The van der Waals surface area contributed by atoms with Gasteiger partial charge in [-0.25, -0.2) is 0 Å². The molecule has 2 atom stereocenters. The van der Waals surface area contributed by atoms with Crippen LogP contribution in [0.1, 0.15) is 43.1 Å². The van der Waals surface area contributed by atoms with Crippen LogP contribution in [-0.2, 0) is 4.79 Å². The van der Waals surface area contributed by atoms with Crippen LogP contribution in [0.3, 0.4) is 0 Å². The lowest BCUT2D eigenvalue weighted by Gasteiger charge is -2.21. The molecule has 0 saturated carbocycles. The summed E-state index contributed by atoms with van der Waals surface area (Å²) in [6, 6.07) is 6.83. The Morgan fingerprint density at radius 3 is 2.39 bits per heavy atom. The summed E-state index contributed by atoms with van der Waals surface area (Å²) in [5.74, 6) is 0.150. The molecule has 0 aliphatic carbocycles. The number of rotatable bonds is 8. The first-order valence-electron chi connectivity index (χ1n) is 8.19. The van der Waals surface area contributed by atoms with E-state index >= 15 is 0 Å². The third-order valence-corrected chi connectivity index (χ3v) is 3.75. The summed E-state index contributed by atoms with van der Waals surface area (Å²) in [5.41, 5.74) is 7.06. The minimum atomic E-state index is -0.535. The van der Waals surface area contributed by atoms with Gasteiger partial charge in [-0.3, -0.25) is 9.59 Å². The van der Waals surface area contributed by atoms with E-state index < -0.39 is 6.04 Å². The largest absolute Gasteiger partial charge is 0.354 e. The minimum Gasteiger partial charge on any atom is -0.354 e. The molecule has 0 aliphatic heterocycles. The number of nitrogens with two attached hydrogens (primary N) is 1. The zero-order valence-electron chi connectivity index (χ0n) is 14.6. The van der Waals surface area contributed by atoms with Crippen molar-refractivity contribution in [2.24, 2.45) is 17.6 Å². The van der Waals surface area contributed by atoms with Crippen molar-refractivity contribution in [1.82, 2.24) is 10.6 Å². The predicted molar refractivity (Wildman–Crippen MR) is 93.1 cm³/mol. The average Bonchev–Trinajstić information content (AvgIpc) is 2.51. The van der Waals surface area contributed by atoms with Crippen molar-refractivity contribution < 1.29 is 9.59 Å². The molecule has 0 aromatic heterocycles. The Balaban J connectivity index is 2.76. The van der Waals surface area contributed by atoms with Crippen molar-refractivity contribution in [3.63, 3.8) is 0 Å². The number of nitrogens with one attached hydrogen (secondary N) is 2. The van der Waals surface area contributed by atoms with E-state index in [-0.39, 0.29) is 17.7 Å². The Bertz CT molecular complexity index is 529. The highest BCUT2D eigenvalue weighted by Gasteiger charge is 2.23.